The highest BCUT2D eigenvalue weighted by Crippen LogP contribution is 2.28. The molecule has 1 saturated heterocycles. The number of rotatable bonds is 5. The van der Waals surface area contributed by atoms with Crippen LogP contribution >= 0.6 is 22.9 Å². The largest absolute Gasteiger partial charge is 0.305 e. The zero-order valence-electron chi connectivity index (χ0n) is 15.9. The number of piperidine rings is 1. The first-order chi connectivity index (χ1) is 14.1. The van der Waals surface area contributed by atoms with Crippen LogP contribution in [0.3, 0.4) is 0 Å². The normalized spacial score (nSPS) is 15.4. The van der Waals surface area contributed by atoms with Gasteiger partial charge in [-0.25, -0.2) is 4.39 Å². The second kappa shape index (κ2) is 9.08. The molecule has 1 fully saturated rings. The van der Waals surface area contributed by atoms with Gasteiger partial charge in [-0.05, 0) is 66.8 Å². The number of nitrogens with zero attached hydrogens (tertiary/aromatic N) is 2. The van der Waals surface area contributed by atoms with E-state index in [4.69, 9.17) is 11.6 Å². The van der Waals surface area contributed by atoms with Crippen LogP contribution in [0.5, 0.6) is 0 Å². The summed E-state index contributed by atoms with van der Waals surface area (Å²) in [6.45, 7) is 2.79. The summed E-state index contributed by atoms with van der Waals surface area (Å²) in [5.74, 6) is -0.412. The highest BCUT2D eigenvalue weighted by atomic mass is 35.5. The number of hydrogen-bond acceptors (Lipinski definition) is 3. The molecule has 0 radical (unpaired) electrons. The summed E-state index contributed by atoms with van der Waals surface area (Å²) in [4.78, 5) is 19.0. The van der Waals surface area contributed by atoms with E-state index >= 15 is 0 Å². The summed E-state index contributed by atoms with van der Waals surface area (Å²) >= 11 is 7.88. The minimum atomic E-state index is -0.310. The van der Waals surface area contributed by atoms with Crippen LogP contribution in [0.15, 0.2) is 66.0 Å². The van der Waals surface area contributed by atoms with Crippen LogP contribution in [0.4, 0.5) is 10.1 Å². The summed E-state index contributed by atoms with van der Waals surface area (Å²) in [6, 6.07) is 17.4. The topological polar surface area (TPSA) is 23.6 Å². The molecular formula is C23H22ClFN2OS. The number of hydrogen-bond donors (Lipinski definition) is 0. The fraction of sp³-hybridized carbons (Fsp3) is 0.261. The fourth-order valence-electron chi connectivity index (χ4n) is 3.81. The highest BCUT2D eigenvalue weighted by molar-refractivity contribution is 7.09. The lowest BCUT2D eigenvalue weighted by Gasteiger charge is -2.38. The van der Waals surface area contributed by atoms with Crippen molar-refractivity contribution >= 4 is 34.5 Å². The first-order valence-corrected chi connectivity index (χ1v) is 11.0. The molecule has 1 aromatic heterocycles. The first-order valence-electron chi connectivity index (χ1n) is 9.69. The number of carbonyl (C=O) groups excluding carboxylic acids is 1. The van der Waals surface area contributed by atoms with Gasteiger partial charge in [0.05, 0.1) is 0 Å². The fourth-order valence-corrected chi connectivity index (χ4v) is 4.75. The Hall–Kier alpha value is -2.21. The van der Waals surface area contributed by atoms with Gasteiger partial charge in [-0.15, -0.1) is 11.3 Å². The maximum atomic E-state index is 13.5. The van der Waals surface area contributed by atoms with E-state index in [0.29, 0.717) is 16.3 Å². The lowest BCUT2D eigenvalue weighted by atomic mass is 10.0. The molecule has 4 rings (SSSR count). The van der Waals surface area contributed by atoms with E-state index in [-0.39, 0.29) is 17.8 Å². The van der Waals surface area contributed by atoms with Crippen LogP contribution in [-0.2, 0) is 6.54 Å². The average molecular weight is 429 g/mol. The van der Waals surface area contributed by atoms with Crippen molar-refractivity contribution in [1.29, 1.82) is 0 Å². The van der Waals surface area contributed by atoms with Crippen molar-refractivity contribution in [2.75, 3.05) is 18.0 Å². The molecule has 3 aromatic rings. The number of halogens is 2. The third kappa shape index (κ3) is 4.86. The van der Waals surface area contributed by atoms with Crippen LogP contribution in [0.25, 0.3) is 0 Å². The SMILES string of the molecule is O=C(c1cccc(Cl)c1)N(c1ccc(F)cc1)C1CCN(Cc2cccs2)CC1. The smallest absolute Gasteiger partial charge is 0.258 e. The number of likely N-dealkylation sites (tertiary alicyclic amines) is 1. The highest BCUT2D eigenvalue weighted by Gasteiger charge is 2.30. The summed E-state index contributed by atoms with van der Waals surface area (Å²) in [5, 5.41) is 2.63. The van der Waals surface area contributed by atoms with Crippen LogP contribution in [0.2, 0.25) is 5.02 Å². The summed E-state index contributed by atoms with van der Waals surface area (Å²) in [7, 11) is 0. The van der Waals surface area contributed by atoms with Crippen LogP contribution in [-0.4, -0.2) is 29.9 Å². The Kier molecular flexibility index (Phi) is 6.28. The van der Waals surface area contributed by atoms with Crippen molar-refractivity contribution in [2.24, 2.45) is 0 Å². The van der Waals surface area contributed by atoms with Gasteiger partial charge in [0.15, 0.2) is 0 Å². The molecular weight excluding hydrogens is 407 g/mol. The molecule has 150 valence electrons. The van der Waals surface area contributed by atoms with Crippen LogP contribution < -0.4 is 4.90 Å². The molecule has 1 amide bonds. The Morgan fingerprint density at radius 2 is 1.86 bits per heavy atom. The molecule has 3 nitrogen and oxygen atoms in total. The van der Waals surface area contributed by atoms with Crippen LogP contribution in [0, 0.1) is 5.82 Å². The molecule has 0 atom stereocenters. The molecule has 2 aromatic carbocycles. The van der Waals surface area contributed by atoms with Gasteiger partial charge in [0.1, 0.15) is 5.82 Å². The van der Waals surface area contributed by atoms with Crippen molar-refractivity contribution in [3.05, 3.63) is 87.3 Å². The van der Waals surface area contributed by atoms with Crippen molar-refractivity contribution in [3.63, 3.8) is 0 Å². The minimum Gasteiger partial charge on any atom is -0.305 e. The summed E-state index contributed by atoms with van der Waals surface area (Å²) in [6.07, 6.45) is 1.74. The van der Waals surface area contributed by atoms with Gasteiger partial charge in [0.25, 0.3) is 5.91 Å². The van der Waals surface area contributed by atoms with E-state index in [9.17, 15) is 9.18 Å². The number of amides is 1. The van der Waals surface area contributed by atoms with E-state index in [1.807, 2.05) is 4.90 Å². The zero-order valence-corrected chi connectivity index (χ0v) is 17.5. The number of anilines is 1. The third-order valence-corrected chi connectivity index (χ3v) is 6.37. The third-order valence-electron chi connectivity index (χ3n) is 5.28. The summed E-state index contributed by atoms with van der Waals surface area (Å²) < 4.78 is 13.5. The minimum absolute atomic E-state index is 0.0616. The van der Waals surface area contributed by atoms with Crippen molar-refractivity contribution in [1.82, 2.24) is 4.90 Å². The maximum absolute atomic E-state index is 13.5. The molecule has 1 aliphatic rings. The maximum Gasteiger partial charge on any atom is 0.258 e. The van der Waals surface area contributed by atoms with Gasteiger partial charge >= 0.3 is 0 Å². The molecule has 0 N–H and O–H groups in total. The van der Waals surface area contributed by atoms with E-state index in [1.54, 1.807) is 47.7 Å². The molecule has 1 aliphatic heterocycles. The molecule has 6 heteroatoms. The Labute approximate surface area is 179 Å². The van der Waals surface area contributed by atoms with Gasteiger partial charge in [0, 0.05) is 46.8 Å². The zero-order chi connectivity index (χ0) is 20.2. The predicted molar refractivity (Wildman–Crippen MR) is 117 cm³/mol. The van der Waals surface area contributed by atoms with E-state index in [1.165, 1.54) is 17.0 Å². The predicted octanol–water partition coefficient (Wildman–Crippen LogP) is 5.85. The Morgan fingerprint density at radius 3 is 2.52 bits per heavy atom. The van der Waals surface area contributed by atoms with Crippen molar-refractivity contribution in [3.8, 4) is 0 Å². The number of benzene rings is 2. The molecule has 0 bridgehead atoms. The Bertz CT molecular complexity index is 953. The monoisotopic (exact) mass is 428 g/mol. The van der Waals surface area contributed by atoms with E-state index < -0.39 is 0 Å². The van der Waals surface area contributed by atoms with E-state index in [0.717, 1.165) is 32.5 Å². The molecule has 0 spiro atoms. The lowest BCUT2D eigenvalue weighted by molar-refractivity contribution is 0.0959. The van der Waals surface area contributed by atoms with Crippen molar-refractivity contribution < 1.29 is 9.18 Å². The van der Waals surface area contributed by atoms with Gasteiger partial charge < -0.3 is 4.90 Å². The average Bonchev–Trinajstić information content (AvgIpc) is 3.24. The van der Waals surface area contributed by atoms with Crippen molar-refractivity contribution in [2.45, 2.75) is 25.4 Å². The number of thiophene rings is 1. The van der Waals surface area contributed by atoms with Gasteiger partial charge in [-0.1, -0.05) is 23.7 Å². The second-order valence-electron chi connectivity index (χ2n) is 7.25. The molecule has 0 unspecified atom stereocenters. The Balaban J connectivity index is 1.54. The Morgan fingerprint density at radius 1 is 1.10 bits per heavy atom. The van der Waals surface area contributed by atoms with E-state index in [2.05, 4.69) is 22.4 Å². The second-order valence-corrected chi connectivity index (χ2v) is 8.72. The number of carbonyl (C=O) groups is 1. The van der Waals surface area contributed by atoms with Gasteiger partial charge in [0.2, 0.25) is 0 Å². The molecule has 29 heavy (non-hydrogen) atoms. The quantitative estimate of drug-likeness (QED) is 0.508. The summed E-state index contributed by atoms with van der Waals surface area (Å²) in [5.41, 5.74) is 1.26. The molecule has 0 aliphatic carbocycles. The first kappa shape index (κ1) is 20.1. The molecule has 2 heterocycles. The lowest BCUT2D eigenvalue weighted by Crippen LogP contribution is -2.47. The standard InChI is InChI=1S/C23H22ClFN2OS/c24-18-4-1-3-17(15-18)23(28)27(20-8-6-19(25)7-9-20)21-10-12-26(13-11-21)16-22-5-2-14-29-22/h1-9,14-15,21H,10-13,16H2. The van der Waals surface area contributed by atoms with Crippen LogP contribution in [0.1, 0.15) is 28.1 Å². The molecule has 0 saturated carbocycles. The van der Waals surface area contributed by atoms with Gasteiger partial charge in [-0.3, -0.25) is 9.69 Å². The van der Waals surface area contributed by atoms with Gasteiger partial charge in [-0.2, -0.15) is 0 Å².